The average molecular weight is 237 g/mol. The normalized spacial score (nSPS) is 19.4. The number of methoxy groups -OCH3 is 1. The Bertz CT molecular complexity index is 408. The summed E-state index contributed by atoms with van der Waals surface area (Å²) < 4.78 is 17.9. The van der Waals surface area contributed by atoms with Crippen molar-refractivity contribution in [3.8, 4) is 5.75 Å². The summed E-state index contributed by atoms with van der Waals surface area (Å²) in [4.78, 5) is 13.9. The fourth-order valence-electron chi connectivity index (χ4n) is 2.24. The number of hydrogen-bond donors (Lipinski definition) is 0. The molecule has 1 aliphatic heterocycles. The Kier molecular flexibility index (Phi) is 3.61. The zero-order valence-corrected chi connectivity index (χ0v) is 9.86. The zero-order chi connectivity index (χ0) is 12.3. The predicted octanol–water partition coefficient (Wildman–Crippen LogP) is 2.27. The number of likely N-dealkylation sites (tertiary alicyclic amines) is 1. The first-order valence-corrected chi connectivity index (χ1v) is 5.78. The highest BCUT2D eigenvalue weighted by Crippen LogP contribution is 2.25. The van der Waals surface area contributed by atoms with Crippen LogP contribution in [0.2, 0.25) is 0 Å². The molecule has 4 heteroatoms. The molecule has 1 atom stereocenters. The second kappa shape index (κ2) is 5.17. The molecular weight excluding hydrogens is 221 g/mol. The first kappa shape index (κ1) is 11.9. The van der Waals surface area contributed by atoms with Crippen LogP contribution in [0.5, 0.6) is 5.75 Å². The van der Waals surface area contributed by atoms with Crippen LogP contribution >= 0.6 is 0 Å². The minimum absolute atomic E-state index is 0.136. The summed E-state index contributed by atoms with van der Waals surface area (Å²) in [6.45, 7) is 0.159. The Hall–Kier alpha value is -1.58. The Morgan fingerprint density at radius 3 is 3.00 bits per heavy atom. The maximum atomic E-state index is 12.8. The maximum absolute atomic E-state index is 12.8. The van der Waals surface area contributed by atoms with Crippen LogP contribution in [-0.2, 0) is 0 Å². The highest BCUT2D eigenvalue weighted by Gasteiger charge is 2.30. The van der Waals surface area contributed by atoms with Crippen molar-refractivity contribution in [1.29, 1.82) is 0 Å². The SMILES string of the molecule is COc1ccccc1C(=O)N1CCC[C@H]1CF. The number of alkyl halides is 1. The molecule has 0 unspecified atom stereocenters. The van der Waals surface area contributed by atoms with Crippen molar-refractivity contribution in [2.45, 2.75) is 18.9 Å². The zero-order valence-electron chi connectivity index (χ0n) is 9.86. The number of hydrogen-bond acceptors (Lipinski definition) is 2. The van der Waals surface area contributed by atoms with Gasteiger partial charge < -0.3 is 9.64 Å². The molecule has 1 heterocycles. The smallest absolute Gasteiger partial charge is 0.257 e. The summed E-state index contributed by atoms with van der Waals surface area (Å²) in [5.74, 6) is 0.407. The van der Waals surface area contributed by atoms with Gasteiger partial charge in [0.15, 0.2) is 0 Å². The number of amides is 1. The van der Waals surface area contributed by atoms with Crippen molar-refractivity contribution in [3.05, 3.63) is 29.8 Å². The third kappa shape index (κ3) is 2.25. The van der Waals surface area contributed by atoms with Gasteiger partial charge in [-0.2, -0.15) is 0 Å². The number of halogens is 1. The van der Waals surface area contributed by atoms with Gasteiger partial charge in [-0.1, -0.05) is 12.1 Å². The van der Waals surface area contributed by atoms with Crippen LogP contribution in [0.25, 0.3) is 0 Å². The highest BCUT2D eigenvalue weighted by atomic mass is 19.1. The van der Waals surface area contributed by atoms with Gasteiger partial charge in [-0.15, -0.1) is 0 Å². The Balaban J connectivity index is 2.24. The van der Waals surface area contributed by atoms with E-state index in [4.69, 9.17) is 4.74 Å². The molecule has 3 nitrogen and oxygen atoms in total. The first-order chi connectivity index (χ1) is 8.27. The molecule has 1 aromatic carbocycles. The maximum Gasteiger partial charge on any atom is 0.257 e. The van der Waals surface area contributed by atoms with E-state index in [0.717, 1.165) is 12.8 Å². The van der Waals surface area contributed by atoms with Crippen molar-refractivity contribution in [2.75, 3.05) is 20.3 Å². The van der Waals surface area contributed by atoms with E-state index in [1.54, 1.807) is 23.1 Å². The van der Waals surface area contributed by atoms with E-state index in [1.165, 1.54) is 7.11 Å². The summed E-state index contributed by atoms with van der Waals surface area (Å²) in [6.07, 6.45) is 1.62. The van der Waals surface area contributed by atoms with Gasteiger partial charge in [0, 0.05) is 6.54 Å². The summed E-state index contributed by atoms with van der Waals surface area (Å²) in [5, 5.41) is 0. The van der Waals surface area contributed by atoms with E-state index >= 15 is 0 Å². The van der Waals surface area contributed by atoms with Crippen LogP contribution in [0, 0.1) is 0 Å². The summed E-state index contributed by atoms with van der Waals surface area (Å²) in [6, 6.07) is 6.79. The molecule has 0 bridgehead atoms. The van der Waals surface area contributed by atoms with Crippen LogP contribution in [0.15, 0.2) is 24.3 Å². The highest BCUT2D eigenvalue weighted by molar-refractivity contribution is 5.97. The van der Waals surface area contributed by atoms with Gasteiger partial charge in [-0.05, 0) is 25.0 Å². The molecule has 0 radical (unpaired) electrons. The molecule has 0 saturated carbocycles. The molecule has 2 rings (SSSR count). The van der Waals surface area contributed by atoms with E-state index in [0.29, 0.717) is 17.9 Å². The van der Waals surface area contributed by atoms with Gasteiger partial charge in [-0.3, -0.25) is 4.79 Å². The summed E-state index contributed by atoms with van der Waals surface area (Å²) in [7, 11) is 1.53. The van der Waals surface area contributed by atoms with Gasteiger partial charge in [0.25, 0.3) is 5.91 Å². The second-order valence-electron chi connectivity index (χ2n) is 4.15. The van der Waals surface area contributed by atoms with E-state index < -0.39 is 6.67 Å². The Morgan fingerprint density at radius 2 is 2.29 bits per heavy atom. The molecule has 0 N–H and O–H groups in total. The molecule has 1 saturated heterocycles. The quantitative estimate of drug-likeness (QED) is 0.807. The molecule has 0 aromatic heterocycles. The third-order valence-electron chi connectivity index (χ3n) is 3.15. The second-order valence-corrected chi connectivity index (χ2v) is 4.15. The van der Waals surface area contributed by atoms with Crippen LogP contribution in [0.1, 0.15) is 23.2 Å². The molecule has 92 valence electrons. The molecular formula is C13H16FNO2. The third-order valence-corrected chi connectivity index (χ3v) is 3.15. The number of para-hydroxylation sites is 1. The van der Waals surface area contributed by atoms with Crippen LogP contribution in [0.4, 0.5) is 4.39 Å². The summed E-state index contributed by atoms with van der Waals surface area (Å²) >= 11 is 0. The minimum atomic E-state index is -0.471. The number of carbonyl (C=O) groups excluding carboxylic acids is 1. The number of carbonyl (C=O) groups is 1. The van der Waals surface area contributed by atoms with Crippen molar-refractivity contribution >= 4 is 5.91 Å². The van der Waals surface area contributed by atoms with E-state index in [9.17, 15) is 9.18 Å². The predicted molar refractivity (Wildman–Crippen MR) is 63.0 cm³/mol. The van der Waals surface area contributed by atoms with Gasteiger partial charge in [0.1, 0.15) is 12.4 Å². The van der Waals surface area contributed by atoms with Crippen LogP contribution in [-0.4, -0.2) is 37.2 Å². The lowest BCUT2D eigenvalue weighted by atomic mass is 10.1. The number of rotatable bonds is 3. The average Bonchev–Trinajstić information content (AvgIpc) is 2.86. The minimum Gasteiger partial charge on any atom is -0.496 e. The first-order valence-electron chi connectivity index (χ1n) is 5.78. The lowest BCUT2D eigenvalue weighted by molar-refractivity contribution is 0.0713. The number of ether oxygens (including phenoxy) is 1. The molecule has 1 amide bonds. The van der Waals surface area contributed by atoms with Crippen molar-refractivity contribution in [2.24, 2.45) is 0 Å². The van der Waals surface area contributed by atoms with Crippen molar-refractivity contribution in [3.63, 3.8) is 0 Å². The molecule has 1 aliphatic rings. The lowest BCUT2D eigenvalue weighted by Crippen LogP contribution is -2.36. The fraction of sp³-hybridized carbons (Fsp3) is 0.462. The molecule has 0 aliphatic carbocycles. The van der Waals surface area contributed by atoms with Gasteiger partial charge in [-0.25, -0.2) is 4.39 Å². The van der Waals surface area contributed by atoms with E-state index in [2.05, 4.69) is 0 Å². The molecule has 17 heavy (non-hydrogen) atoms. The van der Waals surface area contributed by atoms with Crippen molar-refractivity contribution in [1.82, 2.24) is 4.90 Å². The molecule has 1 aromatic rings. The van der Waals surface area contributed by atoms with E-state index in [1.807, 2.05) is 6.07 Å². The summed E-state index contributed by atoms with van der Waals surface area (Å²) in [5.41, 5.74) is 0.510. The molecule has 0 spiro atoms. The van der Waals surface area contributed by atoms with E-state index in [-0.39, 0.29) is 11.9 Å². The monoisotopic (exact) mass is 237 g/mol. The van der Waals surface area contributed by atoms with Gasteiger partial charge in [0.05, 0.1) is 18.7 Å². The van der Waals surface area contributed by atoms with Crippen LogP contribution in [0.3, 0.4) is 0 Å². The number of nitrogens with zero attached hydrogens (tertiary/aromatic N) is 1. The largest absolute Gasteiger partial charge is 0.496 e. The fourth-order valence-corrected chi connectivity index (χ4v) is 2.24. The molecule has 1 fully saturated rings. The lowest BCUT2D eigenvalue weighted by Gasteiger charge is -2.23. The van der Waals surface area contributed by atoms with Gasteiger partial charge >= 0.3 is 0 Å². The standard InChI is InChI=1S/C13H16FNO2/c1-17-12-7-3-2-6-11(12)13(16)15-8-4-5-10(15)9-14/h2-3,6-7,10H,4-5,8-9H2,1H3/t10-/m0/s1. The van der Waals surface area contributed by atoms with Crippen LogP contribution < -0.4 is 4.74 Å². The number of benzene rings is 1. The topological polar surface area (TPSA) is 29.5 Å². The van der Waals surface area contributed by atoms with Gasteiger partial charge in [0.2, 0.25) is 0 Å². The Labute approximate surface area is 100 Å². The van der Waals surface area contributed by atoms with Crippen molar-refractivity contribution < 1.29 is 13.9 Å². The Morgan fingerprint density at radius 1 is 1.53 bits per heavy atom.